The Bertz CT molecular complexity index is 472. The van der Waals surface area contributed by atoms with E-state index in [0.717, 1.165) is 37.8 Å². The molecule has 3 nitrogen and oxygen atoms in total. The third kappa shape index (κ3) is 4.20. The van der Waals surface area contributed by atoms with E-state index in [-0.39, 0.29) is 30.2 Å². The molecule has 0 aliphatic heterocycles. The number of carbonyl (C=O) groups excluding carboxylic acids is 1. The van der Waals surface area contributed by atoms with Gasteiger partial charge in [-0.1, -0.05) is 31.9 Å². The minimum absolute atomic E-state index is 0. The Morgan fingerprint density at radius 3 is 2.41 bits per heavy atom. The van der Waals surface area contributed by atoms with Crippen molar-refractivity contribution in [1.29, 1.82) is 0 Å². The summed E-state index contributed by atoms with van der Waals surface area (Å²) >= 11 is 0. The minimum atomic E-state index is -0.473. The molecule has 5 heteroatoms. The van der Waals surface area contributed by atoms with Crippen molar-refractivity contribution in [1.82, 2.24) is 10.6 Å². The molecule has 1 saturated carbocycles. The standard InChI is InChI=1S/C17H25FN2O.ClH/c1-3-19-13(2)12-20-16(21)17(10-4-5-11-17)14-6-8-15(18)9-7-14;/h6-9,13,19H,3-5,10-12H2,1-2H3,(H,20,21);1H/t13-;/m1./s1. The Balaban J connectivity index is 0.00000242. The zero-order valence-corrected chi connectivity index (χ0v) is 14.1. The lowest BCUT2D eigenvalue weighted by Crippen LogP contribution is -2.47. The third-order valence-corrected chi connectivity index (χ3v) is 4.41. The summed E-state index contributed by atoms with van der Waals surface area (Å²) in [5.74, 6) is -0.176. The van der Waals surface area contributed by atoms with E-state index in [0.29, 0.717) is 6.54 Å². The van der Waals surface area contributed by atoms with E-state index in [4.69, 9.17) is 0 Å². The average molecular weight is 329 g/mol. The number of halogens is 2. The van der Waals surface area contributed by atoms with Crippen LogP contribution in [-0.4, -0.2) is 25.0 Å². The molecule has 0 bridgehead atoms. The lowest BCUT2D eigenvalue weighted by Gasteiger charge is -2.29. The summed E-state index contributed by atoms with van der Waals surface area (Å²) < 4.78 is 13.1. The number of nitrogens with one attached hydrogen (secondary N) is 2. The molecule has 0 aromatic heterocycles. The molecule has 1 aromatic rings. The highest BCUT2D eigenvalue weighted by atomic mass is 35.5. The molecule has 2 N–H and O–H groups in total. The van der Waals surface area contributed by atoms with Crippen LogP contribution < -0.4 is 10.6 Å². The second-order valence-electron chi connectivity index (χ2n) is 5.96. The fraction of sp³-hybridized carbons (Fsp3) is 0.588. The summed E-state index contributed by atoms with van der Waals surface area (Å²) in [5.41, 5.74) is 0.467. The average Bonchev–Trinajstić information content (AvgIpc) is 2.96. The normalized spacial score (nSPS) is 17.6. The zero-order chi connectivity index (χ0) is 15.3. The van der Waals surface area contributed by atoms with Crippen molar-refractivity contribution in [3.05, 3.63) is 35.6 Å². The van der Waals surface area contributed by atoms with Gasteiger partial charge < -0.3 is 10.6 Å². The van der Waals surface area contributed by atoms with Gasteiger partial charge in [0.05, 0.1) is 5.41 Å². The van der Waals surface area contributed by atoms with Crippen LogP contribution in [0.1, 0.15) is 45.1 Å². The van der Waals surface area contributed by atoms with Crippen molar-refractivity contribution in [3.8, 4) is 0 Å². The van der Waals surface area contributed by atoms with E-state index in [9.17, 15) is 9.18 Å². The smallest absolute Gasteiger partial charge is 0.230 e. The highest BCUT2D eigenvalue weighted by Crippen LogP contribution is 2.41. The summed E-state index contributed by atoms with van der Waals surface area (Å²) in [5, 5.41) is 6.35. The van der Waals surface area contributed by atoms with Crippen LogP contribution in [0.4, 0.5) is 4.39 Å². The van der Waals surface area contributed by atoms with Gasteiger partial charge in [-0.3, -0.25) is 4.79 Å². The van der Waals surface area contributed by atoms with Crippen LogP contribution in [0.3, 0.4) is 0 Å². The summed E-state index contributed by atoms with van der Waals surface area (Å²) in [4.78, 5) is 12.7. The first kappa shape index (κ1) is 18.9. The van der Waals surface area contributed by atoms with E-state index < -0.39 is 5.41 Å². The fourth-order valence-corrected chi connectivity index (χ4v) is 3.23. The van der Waals surface area contributed by atoms with E-state index >= 15 is 0 Å². The molecule has 1 amide bonds. The summed E-state index contributed by atoms with van der Waals surface area (Å²) in [6.07, 6.45) is 3.79. The van der Waals surface area contributed by atoms with Gasteiger partial charge in [0, 0.05) is 12.6 Å². The van der Waals surface area contributed by atoms with Crippen molar-refractivity contribution in [2.45, 2.75) is 51.0 Å². The van der Waals surface area contributed by atoms with Crippen LogP contribution in [-0.2, 0) is 10.2 Å². The number of amides is 1. The quantitative estimate of drug-likeness (QED) is 0.842. The van der Waals surface area contributed by atoms with Gasteiger partial charge in [0.2, 0.25) is 5.91 Å². The molecule has 22 heavy (non-hydrogen) atoms. The first-order valence-corrected chi connectivity index (χ1v) is 7.86. The molecule has 1 aliphatic rings. The first-order valence-electron chi connectivity index (χ1n) is 7.86. The van der Waals surface area contributed by atoms with Crippen LogP contribution in [0.2, 0.25) is 0 Å². The molecule has 1 atom stereocenters. The molecule has 124 valence electrons. The molecule has 0 spiro atoms. The molecule has 0 heterocycles. The molecular weight excluding hydrogens is 303 g/mol. The molecule has 0 unspecified atom stereocenters. The number of likely N-dealkylation sites (N-methyl/N-ethyl adjacent to an activating group) is 1. The molecular formula is C17H26ClFN2O. The summed E-state index contributed by atoms with van der Waals surface area (Å²) in [7, 11) is 0. The maximum absolute atomic E-state index is 13.1. The van der Waals surface area contributed by atoms with Crippen LogP contribution in [0.15, 0.2) is 24.3 Å². The number of hydrogen-bond acceptors (Lipinski definition) is 2. The number of benzene rings is 1. The van der Waals surface area contributed by atoms with Gasteiger partial charge in [-0.2, -0.15) is 0 Å². The second kappa shape index (κ2) is 8.49. The zero-order valence-electron chi connectivity index (χ0n) is 13.3. The lowest BCUT2D eigenvalue weighted by atomic mass is 9.78. The van der Waals surface area contributed by atoms with Gasteiger partial charge in [-0.25, -0.2) is 4.39 Å². The van der Waals surface area contributed by atoms with Crippen LogP contribution in [0.5, 0.6) is 0 Å². The molecule has 1 aliphatic carbocycles. The Morgan fingerprint density at radius 2 is 1.86 bits per heavy atom. The van der Waals surface area contributed by atoms with Gasteiger partial charge in [0.1, 0.15) is 5.82 Å². The Labute approximate surface area is 138 Å². The van der Waals surface area contributed by atoms with Gasteiger partial charge >= 0.3 is 0 Å². The minimum Gasteiger partial charge on any atom is -0.354 e. The molecule has 2 rings (SSSR count). The van der Waals surface area contributed by atoms with Crippen LogP contribution >= 0.6 is 12.4 Å². The van der Waals surface area contributed by atoms with Crippen LogP contribution in [0, 0.1) is 5.82 Å². The maximum Gasteiger partial charge on any atom is 0.230 e. The van der Waals surface area contributed by atoms with Gasteiger partial charge in [-0.15, -0.1) is 12.4 Å². The lowest BCUT2D eigenvalue weighted by molar-refractivity contribution is -0.126. The van der Waals surface area contributed by atoms with Crippen molar-refractivity contribution >= 4 is 18.3 Å². The van der Waals surface area contributed by atoms with Crippen molar-refractivity contribution in [2.24, 2.45) is 0 Å². The summed E-state index contributed by atoms with van der Waals surface area (Å²) in [6.45, 7) is 5.62. The van der Waals surface area contributed by atoms with E-state index in [1.165, 1.54) is 12.1 Å². The van der Waals surface area contributed by atoms with Gasteiger partial charge in [0.25, 0.3) is 0 Å². The Morgan fingerprint density at radius 1 is 1.27 bits per heavy atom. The van der Waals surface area contributed by atoms with Crippen molar-refractivity contribution in [2.75, 3.05) is 13.1 Å². The number of rotatable bonds is 6. The predicted molar refractivity (Wildman–Crippen MR) is 89.9 cm³/mol. The first-order chi connectivity index (χ1) is 10.1. The van der Waals surface area contributed by atoms with E-state index in [1.807, 2.05) is 0 Å². The van der Waals surface area contributed by atoms with E-state index in [1.54, 1.807) is 12.1 Å². The monoisotopic (exact) mass is 328 g/mol. The maximum atomic E-state index is 13.1. The predicted octanol–water partition coefficient (Wildman–Crippen LogP) is 3.17. The van der Waals surface area contributed by atoms with Gasteiger partial charge in [0.15, 0.2) is 0 Å². The van der Waals surface area contributed by atoms with Gasteiger partial charge in [-0.05, 0) is 44.0 Å². The molecule has 1 fully saturated rings. The largest absolute Gasteiger partial charge is 0.354 e. The topological polar surface area (TPSA) is 41.1 Å². The molecule has 0 saturated heterocycles. The number of carbonyl (C=O) groups is 1. The molecule has 1 aromatic carbocycles. The Hall–Kier alpha value is -1.13. The Kier molecular flexibility index (Phi) is 7.30. The molecule has 0 radical (unpaired) electrons. The van der Waals surface area contributed by atoms with E-state index in [2.05, 4.69) is 24.5 Å². The second-order valence-corrected chi connectivity index (χ2v) is 5.96. The number of hydrogen-bond donors (Lipinski definition) is 2. The highest BCUT2D eigenvalue weighted by molar-refractivity contribution is 5.88. The van der Waals surface area contributed by atoms with Crippen molar-refractivity contribution in [3.63, 3.8) is 0 Å². The fourth-order valence-electron chi connectivity index (χ4n) is 3.23. The highest BCUT2D eigenvalue weighted by Gasteiger charge is 2.42. The van der Waals surface area contributed by atoms with Crippen molar-refractivity contribution < 1.29 is 9.18 Å². The summed E-state index contributed by atoms with van der Waals surface area (Å²) in [6, 6.07) is 6.67. The van der Waals surface area contributed by atoms with Crippen LogP contribution in [0.25, 0.3) is 0 Å². The third-order valence-electron chi connectivity index (χ3n) is 4.41. The SMILES string of the molecule is CCN[C@H](C)CNC(=O)C1(c2ccc(F)cc2)CCCC1.Cl.